The first-order chi connectivity index (χ1) is 9.36. The topological polar surface area (TPSA) is 79.3 Å². The van der Waals surface area contributed by atoms with E-state index >= 15 is 0 Å². The summed E-state index contributed by atoms with van der Waals surface area (Å²) < 4.78 is 0. The van der Waals surface area contributed by atoms with Crippen molar-refractivity contribution < 1.29 is 14.7 Å². The van der Waals surface area contributed by atoms with Gasteiger partial charge in [0.15, 0.2) is 0 Å². The van der Waals surface area contributed by atoms with Gasteiger partial charge in [-0.05, 0) is 44.2 Å². The summed E-state index contributed by atoms with van der Waals surface area (Å²) in [5, 5.41) is 12.2. The highest BCUT2D eigenvalue weighted by Crippen LogP contribution is 2.39. The summed E-state index contributed by atoms with van der Waals surface area (Å²) in [5.74, 6) is -1.45. The minimum atomic E-state index is -1.22. The Morgan fingerprint density at radius 1 is 1.50 bits per heavy atom. The third kappa shape index (κ3) is 2.93. The Balaban J connectivity index is 2.23. The first-order valence-electron chi connectivity index (χ1n) is 6.59. The zero-order valence-corrected chi connectivity index (χ0v) is 12.2. The number of hydrogen-bond acceptors (Lipinski definition) is 3. The summed E-state index contributed by atoms with van der Waals surface area (Å²) in [7, 11) is 0. The molecule has 0 aromatic carbocycles. The Morgan fingerprint density at radius 3 is 2.65 bits per heavy atom. The van der Waals surface area contributed by atoms with Crippen molar-refractivity contribution >= 4 is 23.5 Å². The van der Waals surface area contributed by atoms with Gasteiger partial charge in [0, 0.05) is 11.3 Å². The molecule has 5 nitrogen and oxygen atoms in total. The molecule has 108 valence electrons. The van der Waals surface area contributed by atoms with Crippen molar-refractivity contribution in [3.63, 3.8) is 0 Å². The van der Waals surface area contributed by atoms with Crippen LogP contribution in [0.2, 0.25) is 5.15 Å². The number of carbonyl (C=O) groups excluding carboxylic acids is 1. The maximum atomic E-state index is 12.3. The second-order valence-corrected chi connectivity index (χ2v) is 5.65. The van der Waals surface area contributed by atoms with Crippen molar-refractivity contribution in [3.8, 4) is 0 Å². The number of hydrogen-bond donors (Lipinski definition) is 2. The molecule has 1 aliphatic rings. The minimum absolute atomic E-state index is 0.00750. The van der Waals surface area contributed by atoms with Crippen molar-refractivity contribution in [1.29, 1.82) is 0 Å². The van der Waals surface area contributed by atoms with Gasteiger partial charge >= 0.3 is 5.97 Å². The number of carboxylic acids is 1. The van der Waals surface area contributed by atoms with Crippen molar-refractivity contribution in [2.45, 2.75) is 38.6 Å². The molecule has 6 heteroatoms. The lowest BCUT2D eigenvalue weighted by atomic mass is 9.95. The van der Waals surface area contributed by atoms with Gasteiger partial charge in [0.05, 0.1) is 0 Å². The molecule has 2 N–H and O–H groups in total. The Morgan fingerprint density at radius 2 is 2.15 bits per heavy atom. The number of nitrogens with one attached hydrogen (secondary N) is 1. The number of nitrogens with zero attached hydrogens (tertiary/aromatic N) is 1. The average molecular weight is 297 g/mol. The van der Waals surface area contributed by atoms with Crippen molar-refractivity contribution in [2.75, 3.05) is 0 Å². The molecule has 1 fully saturated rings. The maximum Gasteiger partial charge on any atom is 0.329 e. The lowest BCUT2D eigenvalue weighted by molar-refractivity contribution is -0.144. The molecule has 0 saturated heterocycles. The fourth-order valence-corrected chi connectivity index (χ4v) is 2.39. The Bertz CT molecular complexity index is 557. The monoisotopic (exact) mass is 296 g/mol. The minimum Gasteiger partial charge on any atom is -0.480 e. The van der Waals surface area contributed by atoms with Gasteiger partial charge in [-0.1, -0.05) is 18.5 Å². The second-order valence-electron chi connectivity index (χ2n) is 5.26. The zero-order valence-electron chi connectivity index (χ0n) is 11.4. The van der Waals surface area contributed by atoms with Gasteiger partial charge in [-0.2, -0.15) is 0 Å². The van der Waals surface area contributed by atoms with E-state index in [0.717, 1.165) is 12.8 Å². The lowest BCUT2D eigenvalue weighted by Crippen LogP contribution is -2.54. The van der Waals surface area contributed by atoms with Crippen LogP contribution in [0.15, 0.2) is 12.1 Å². The molecule has 1 aromatic rings. The van der Waals surface area contributed by atoms with Crippen LogP contribution in [0, 0.1) is 5.92 Å². The second kappa shape index (κ2) is 5.40. The van der Waals surface area contributed by atoms with E-state index in [2.05, 4.69) is 10.3 Å². The number of carboxylic acid groups (broad SMARTS) is 1. The number of pyridine rings is 1. The van der Waals surface area contributed by atoms with Crippen LogP contribution in [0.3, 0.4) is 0 Å². The zero-order chi connectivity index (χ0) is 14.9. The van der Waals surface area contributed by atoms with E-state index in [-0.39, 0.29) is 11.1 Å². The fourth-order valence-electron chi connectivity index (χ4n) is 2.16. The molecule has 1 aliphatic carbocycles. The molecule has 0 aliphatic heterocycles. The number of amides is 1. The van der Waals surface area contributed by atoms with E-state index in [0.29, 0.717) is 17.7 Å². The first-order valence-corrected chi connectivity index (χ1v) is 6.97. The van der Waals surface area contributed by atoms with E-state index in [4.69, 9.17) is 11.6 Å². The van der Waals surface area contributed by atoms with Gasteiger partial charge in [0.1, 0.15) is 10.7 Å². The number of aliphatic carboxylic acids is 1. The maximum absolute atomic E-state index is 12.3. The molecular formula is C14H17ClN2O3. The number of aryl methyl sites for hydroxylation is 1. The highest BCUT2D eigenvalue weighted by molar-refractivity contribution is 6.29. The molecule has 0 bridgehead atoms. The van der Waals surface area contributed by atoms with Crippen LogP contribution < -0.4 is 5.32 Å². The summed E-state index contributed by atoms with van der Waals surface area (Å²) in [4.78, 5) is 27.7. The molecule has 1 unspecified atom stereocenters. The molecule has 0 radical (unpaired) electrons. The summed E-state index contributed by atoms with van der Waals surface area (Å²) in [6.45, 7) is 3.46. The van der Waals surface area contributed by atoms with E-state index < -0.39 is 17.4 Å². The Hall–Kier alpha value is -1.62. The molecule has 1 heterocycles. The Kier molecular flexibility index (Phi) is 3.99. The summed E-state index contributed by atoms with van der Waals surface area (Å²) in [6, 6.07) is 3.08. The molecule has 1 aromatic heterocycles. The van der Waals surface area contributed by atoms with Crippen LogP contribution in [0.1, 0.15) is 42.7 Å². The number of halogens is 1. The molecular weight excluding hydrogens is 280 g/mol. The van der Waals surface area contributed by atoms with Gasteiger partial charge in [-0.15, -0.1) is 0 Å². The van der Waals surface area contributed by atoms with Gasteiger partial charge in [0.2, 0.25) is 0 Å². The lowest BCUT2D eigenvalue weighted by Gasteiger charge is -2.26. The van der Waals surface area contributed by atoms with Crippen molar-refractivity contribution in [3.05, 3.63) is 28.5 Å². The van der Waals surface area contributed by atoms with Crippen LogP contribution in [-0.2, 0) is 11.2 Å². The van der Waals surface area contributed by atoms with Crippen LogP contribution in [-0.4, -0.2) is 27.5 Å². The fraction of sp³-hybridized carbons (Fsp3) is 0.500. The predicted octanol–water partition coefficient (Wildman–Crippen LogP) is 2.28. The average Bonchev–Trinajstić information content (AvgIpc) is 3.22. The van der Waals surface area contributed by atoms with Crippen LogP contribution in [0.25, 0.3) is 0 Å². The molecule has 2 rings (SSSR count). The molecule has 0 spiro atoms. The van der Waals surface area contributed by atoms with Crippen molar-refractivity contribution in [2.24, 2.45) is 5.92 Å². The largest absolute Gasteiger partial charge is 0.480 e. The predicted molar refractivity (Wildman–Crippen MR) is 74.9 cm³/mol. The standard InChI is InChI=1S/C14H17ClN2O3/c1-3-10-6-8(7-11(15)16-10)12(18)17-14(2,13(19)20)9-4-5-9/h6-7,9H,3-5H2,1-2H3,(H,17,18)(H,19,20). The van der Waals surface area contributed by atoms with Gasteiger partial charge in [-0.3, -0.25) is 4.79 Å². The molecule has 1 saturated carbocycles. The number of rotatable bonds is 5. The third-order valence-corrected chi connectivity index (χ3v) is 3.88. The van der Waals surface area contributed by atoms with E-state index in [1.165, 1.54) is 6.07 Å². The normalized spacial score (nSPS) is 17.4. The van der Waals surface area contributed by atoms with Crippen LogP contribution in [0.5, 0.6) is 0 Å². The van der Waals surface area contributed by atoms with Crippen molar-refractivity contribution in [1.82, 2.24) is 10.3 Å². The van der Waals surface area contributed by atoms with Crippen LogP contribution in [0.4, 0.5) is 0 Å². The quantitative estimate of drug-likeness (QED) is 0.817. The SMILES string of the molecule is CCc1cc(C(=O)NC(C)(C(=O)O)C2CC2)cc(Cl)n1. The number of aromatic nitrogens is 1. The summed E-state index contributed by atoms with van der Waals surface area (Å²) in [6.07, 6.45) is 2.29. The third-order valence-electron chi connectivity index (χ3n) is 3.68. The Labute approximate surface area is 122 Å². The van der Waals surface area contributed by atoms with Gasteiger partial charge in [0.25, 0.3) is 5.91 Å². The molecule has 1 amide bonds. The molecule has 20 heavy (non-hydrogen) atoms. The molecule has 1 atom stereocenters. The smallest absolute Gasteiger partial charge is 0.329 e. The van der Waals surface area contributed by atoms with Gasteiger partial charge < -0.3 is 10.4 Å². The van der Waals surface area contributed by atoms with Crippen LogP contribution >= 0.6 is 11.6 Å². The highest BCUT2D eigenvalue weighted by Gasteiger charge is 2.48. The van der Waals surface area contributed by atoms with E-state index in [1.807, 2.05) is 6.92 Å². The highest BCUT2D eigenvalue weighted by atomic mass is 35.5. The van der Waals surface area contributed by atoms with E-state index in [1.54, 1.807) is 13.0 Å². The first kappa shape index (κ1) is 14.8. The summed E-state index contributed by atoms with van der Waals surface area (Å²) in [5.41, 5.74) is -0.180. The number of carbonyl (C=O) groups is 2. The van der Waals surface area contributed by atoms with Gasteiger partial charge in [-0.25, -0.2) is 9.78 Å². The van der Waals surface area contributed by atoms with E-state index in [9.17, 15) is 14.7 Å². The summed E-state index contributed by atoms with van der Waals surface area (Å²) >= 11 is 5.87.